The molecular weight excluding hydrogens is 304 g/mol. The van der Waals surface area contributed by atoms with Gasteiger partial charge in [0, 0.05) is 15.6 Å². The highest BCUT2D eigenvalue weighted by Crippen LogP contribution is 2.29. The molecule has 0 fully saturated rings. The van der Waals surface area contributed by atoms with Gasteiger partial charge in [-0.3, -0.25) is 4.18 Å². The number of rotatable bonds is 3. The molecular formula is C8H5Cl2F3O3S. The molecule has 0 N–H and O–H groups in total. The van der Waals surface area contributed by atoms with Crippen LogP contribution in [0.2, 0.25) is 10.0 Å². The van der Waals surface area contributed by atoms with Crippen LogP contribution in [-0.2, 0) is 20.9 Å². The summed E-state index contributed by atoms with van der Waals surface area (Å²) in [4.78, 5) is 0. The standard InChI is InChI=1S/C8H5Cl2F3O3S/c9-6-2-1-3-7(10)5(6)4-16-17(14,15)8(11,12)13/h1-3H,4H2. The fourth-order valence-electron chi connectivity index (χ4n) is 0.874. The van der Waals surface area contributed by atoms with Crippen LogP contribution in [0.1, 0.15) is 5.56 Å². The Morgan fingerprint density at radius 3 is 2.06 bits per heavy atom. The van der Waals surface area contributed by atoms with E-state index in [1.54, 1.807) is 0 Å². The van der Waals surface area contributed by atoms with Crippen molar-refractivity contribution in [1.29, 1.82) is 0 Å². The van der Waals surface area contributed by atoms with E-state index in [1.807, 2.05) is 0 Å². The SMILES string of the molecule is O=S(=O)(OCc1c(Cl)cccc1Cl)C(F)(F)F. The van der Waals surface area contributed by atoms with Gasteiger partial charge in [-0.2, -0.15) is 21.6 Å². The minimum absolute atomic E-state index is 0.0230. The summed E-state index contributed by atoms with van der Waals surface area (Å²) in [6.45, 7) is -0.875. The Bertz CT molecular complexity index is 493. The van der Waals surface area contributed by atoms with Crippen molar-refractivity contribution < 1.29 is 25.8 Å². The van der Waals surface area contributed by atoms with Gasteiger partial charge in [0.05, 0.1) is 6.61 Å². The number of alkyl halides is 3. The van der Waals surface area contributed by atoms with Crippen molar-refractivity contribution in [3.8, 4) is 0 Å². The van der Waals surface area contributed by atoms with Gasteiger partial charge >= 0.3 is 15.6 Å². The van der Waals surface area contributed by atoms with Gasteiger partial charge in [0.2, 0.25) is 0 Å². The summed E-state index contributed by atoms with van der Waals surface area (Å²) in [5.74, 6) is 0. The second kappa shape index (κ2) is 5.01. The van der Waals surface area contributed by atoms with Crippen LogP contribution in [0.3, 0.4) is 0 Å². The molecule has 0 aliphatic heterocycles. The summed E-state index contributed by atoms with van der Waals surface area (Å²) in [6, 6.07) is 4.17. The molecule has 9 heteroatoms. The van der Waals surface area contributed by atoms with E-state index in [2.05, 4.69) is 4.18 Å². The highest BCUT2D eigenvalue weighted by atomic mass is 35.5. The molecule has 0 unspecified atom stereocenters. The van der Waals surface area contributed by atoms with E-state index in [1.165, 1.54) is 18.2 Å². The van der Waals surface area contributed by atoms with Crippen molar-refractivity contribution >= 4 is 33.3 Å². The zero-order valence-corrected chi connectivity index (χ0v) is 10.3. The maximum absolute atomic E-state index is 12.0. The summed E-state index contributed by atoms with van der Waals surface area (Å²) >= 11 is 11.3. The van der Waals surface area contributed by atoms with Crippen molar-refractivity contribution in [1.82, 2.24) is 0 Å². The van der Waals surface area contributed by atoms with Crippen molar-refractivity contribution in [3.63, 3.8) is 0 Å². The normalized spacial score (nSPS) is 12.8. The summed E-state index contributed by atoms with van der Waals surface area (Å²) < 4.78 is 60.9. The van der Waals surface area contributed by atoms with E-state index >= 15 is 0 Å². The van der Waals surface area contributed by atoms with Crippen LogP contribution < -0.4 is 0 Å². The van der Waals surface area contributed by atoms with Crippen LogP contribution in [0.4, 0.5) is 13.2 Å². The molecule has 0 spiro atoms. The van der Waals surface area contributed by atoms with E-state index in [0.29, 0.717) is 0 Å². The first-order valence-corrected chi connectivity index (χ1v) is 6.20. The van der Waals surface area contributed by atoms with E-state index in [0.717, 1.165) is 0 Å². The van der Waals surface area contributed by atoms with Crippen molar-refractivity contribution in [2.45, 2.75) is 12.1 Å². The first-order chi connectivity index (χ1) is 7.65. The number of benzene rings is 1. The summed E-state index contributed by atoms with van der Waals surface area (Å²) in [5, 5.41) is 0.0461. The van der Waals surface area contributed by atoms with Crippen LogP contribution in [0.5, 0.6) is 0 Å². The molecule has 96 valence electrons. The Hall–Kier alpha value is -0.500. The van der Waals surface area contributed by atoms with Crippen molar-refractivity contribution in [3.05, 3.63) is 33.8 Å². The zero-order valence-electron chi connectivity index (χ0n) is 7.96. The van der Waals surface area contributed by atoms with Gasteiger partial charge in [0.25, 0.3) is 0 Å². The quantitative estimate of drug-likeness (QED) is 0.635. The molecule has 0 aliphatic rings. The fraction of sp³-hybridized carbons (Fsp3) is 0.250. The molecule has 0 saturated heterocycles. The van der Waals surface area contributed by atoms with E-state index < -0.39 is 22.2 Å². The average molecular weight is 309 g/mol. The largest absolute Gasteiger partial charge is 0.523 e. The highest BCUT2D eigenvalue weighted by Gasteiger charge is 2.47. The van der Waals surface area contributed by atoms with Gasteiger partial charge in [0.15, 0.2) is 0 Å². The minimum Gasteiger partial charge on any atom is -0.258 e. The third-order valence-corrected chi connectivity index (χ3v) is 3.41. The lowest BCUT2D eigenvalue weighted by molar-refractivity contribution is -0.0547. The monoisotopic (exact) mass is 308 g/mol. The van der Waals surface area contributed by atoms with E-state index in [-0.39, 0.29) is 15.6 Å². The summed E-state index contributed by atoms with van der Waals surface area (Å²) in [5.41, 5.74) is -5.50. The molecule has 0 heterocycles. The van der Waals surface area contributed by atoms with Gasteiger partial charge in [-0.05, 0) is 12.1 Å². The molecule has 17 heavy (non-hydrogen) atoms. The third kappa shape index (κ3) is 3.48. The zero-order chi connectivity index (χ0) is 13.3. The minimum atomic E-state index is -5.65. The average Bonchev–Trinajstić information content (AvgIpc) is 2.15. The Kier molecular flexibility index (Phi) is 4.29. The van der Waals surface area contributed by atoms with Gasteiger partial charge in [0.1, 0.15) is 0 Å². The first kappa shape index (κ1) is 14.6. The predicted molar refractivity (Wildman–Crippen MR) is 56.2 cm³/mol. The lowest BCUT2D eigenvalue weighted by Crippen LogP contribution is -2.25. The van der Waals surface area contributed by atoms with Gasteiger partial charge in [-0.1, -0.05) is 29.3 Å². The van der Waals surface area contributed by atoms with E-state index in [9.17, 15) is 21.6 Å². The number of hydrogen-bond donors (Lipinski definition) is 0. The molecule has 1 aromatic rings. The topological polar surface area (TPSA) is 43.4 Å². The van der Waals surface area contributed by atoms with Gasteiger partial charge in [-0.25, -0.2) is 0 Å². The summed E-state index contributed by atoms with van der Waals surface area (Å²) in [7, 11) is -5.65. The van der Waals surface area contributed by atoms with Crippen molar-refractivity contribution in [2.24, 2.45) is 0 Å². The van der Waals surface area contributed by atoms with Crippen molar-refractivity contribution in [2.75, 3.05) is 0 Å². The highest BCUT2D eigenvalue weighted by molar-refractivity contribution is 7.87. The molecule has 0 radical (unpaired) electrons. The van der Waals surface area contributed by atoms with Gasteiger partial charge in [-0.15, -0.1) is 0 Å². The first-order valence-electron chi connectivity index (χ1n) is 4.04. The molecule has 0 bridgehead atoms. The van der Waals surface area contributed by atoms with E-state index in [4.69, 9.17) is 23.2 Å². The molecule has 0 amide bonds. The summed E-state index contributed by atoms with van der Waals surface area (Å²) in [6.07, 6.45) is 0. The smallest absolute Gasteiger partial charge is 0.258 e. The van der Waals surface area contributed by atoms with Crippen LogP contribution in [-0.4, -0.2) is 13.9 Å². The molecule has 3 nitrogen and oxygen atoms in total. The van der Waals surface area contributed by atoms with Crippen LogP contribution in [0.15, 0.2) is 18.2 Å². The van der Waals surface area contributed by atoms with Crippen LogP contribution >= 0.6 is 23.2 Å². The Labute approximate surface area is 105 Å². The second-order valence-corrected chi connectivity index (χ2v) is 5.28. The Morgan fingerprint density at radius 2 is 1.65 bits per heavy atom. The van der Waals surface area contributed by atoms with Crippen LogP contribution in [0, 0.1) is 0 Å². The molecule has 0 aromatic heterocycles. The van der Waals surface area contributed by atoms with Crippen LogP contribution in [0.25, 0.3) is 0 Å². The molecule has 0 aliphatic carbocycles. The maximum atomic E-state index is 12.0. The second-order valence-electron chi connectivity index (χ2n) is 2.86. The predicted octanol–water partition coefficient (Wildman–Crippen LogP) is 3.36. The Morgan fingerprint density at radius 1 is 1.18 bits per heavy atom. The molecule has 0 saturated carbocycles. The lowest BCUT2D eigenvalue weighted by Gasteiger charge is -2.10. The number of halogens is 5. The van der Waals surface area contributed by atoms with Gasteiger partial charge < -0.3 is 0 Å². The Balaban J connectivity index is 2.89. The number of hydrogen-bond acceptors (Lipinski definition) is 3. The maximum Gasteiger partial charge on any atom is 0.523 e. The lowest BCUT2D eigenvalue weighted by atomic mass is 10.2. The molecule has 1 aromatic carbocycles. The third-order valence-electron chi connectivity index (χ3n) is 1.70. The fourth-order valence-corrected chi connectivity index (χ4v) is 1.79. The molecule has 0 atom stereocenters. The molecule has 1 rings (SSSR count).